The maximum Gasteiger partial charge on any atom is 0.410 e. The lowest BCUT2D eigenvalue weighted by Gasteiger charge is -2.49. The summed E-state index contributed by atoms with van der Waals surface area (Å²) in [4.78, 5) is 14.4. The van der Waals surface area contributed by atoms with E-state index in [9.17, 15) is 9.90 Å². The number of piperidine rings is 1. The van der Waals surface area contributed by atoms with Gasteiger partial charge in [0.25, 0.3) is 0 Å². The molecule has 1 N–H and O–H groups in total. The first-order chi connectivity index (χ1) is 16.7. The summed E-state index contributed by atoms with van der Waals surface area (Å²) in [6, 6.07) is 18.4. The number of aliphatic hydroxyl groups excluding tert-OH is 1. The minimum absolute atomic E-state index is 0.0280. The highest BCUT2D eigenvalue weighted by Crippen LogP contribution is 2.35. The van der Waals surface area contributed by atoms with Gasteiger partial charge in [-0.3, -0.25) is 4.90 Å². The molecule has 0 spiro atoms. The molecule has 9 heteroatoms. The van der Waals surface area contributed by atoms with Crippen LogP contribution in [0.15, 0.2) is 60.7 Å². The van der Waals surface area contributed by atoms with Gasteiger partial charge in [0.15, 0.2) is 6.29 Å². The molecule has 2 saturated heterocycles. The van der Waals surface area contributed by atoms with Crippen LogP contribution >= 0.6 is 0 Å². The molecular weight excluding hydrogens is 442 g/mol. The Kier molecular flexibility index (Phi) is 8.86. The number of ether oxygens (including phenoxy) is 6. The summed E-state index contributed by atoms with van der Waals surface area (Å²) in [5, 5.41) is 10.9. The highest BCUT2D eigenvalue weighted by molar-refractivity contribution is 5.68. The van der Waals surface area contributed by atoms with Crippen molar-refractivity contribution in [3.05, 3.63) is 71.8 Å². The maximum atomic E-state index is 13.0. The topological polar surface area (TPSA) is 95.9 Å². The summed E-state index contributed by atoms with van der Waals surface area (Å²) in [5.41, 5.74) is 1.72. The minimum atomic E-state index is -0.994. The van der Waals surface area contributed by atoms with Crippen molar-refractivity contribution in [1.82, 2.24) is 4.90 Å². The molecular formula is C25H31NO8. The molecule has 2 aromatic carbocycles. The van der Waals surface area contributed by atoms with Crippen molar-refractivity contribution < 1.29 is 38.3 Å². The normalized spacial score (nSPS) is 26.6. The summed E-state index contributed by atoms with van der Waals surface area (Å²) in [7, 11) is 1.59. The zero-order chi connectivity index (χ0) is 23.8. The van der Waals surface area contributed by atoms with Crippen LogP contribution in [0.1, 0.15) is 17.4 Å². The Morgan fingerprint density at radius 1 is 1.09 bits per heavy atom. The molecule has 2 aromatic rings. The van der Waals surface area contributed by atoms with Crippen molar-refractivity contribution in [1.29, 1.82) is 0 Å². The first kappa shape index (κ1) is 24.6. The van der Waals surface area contributed by atoms with Gasteiger partial charge in [0.1, 0.15) is 31.7 Å². The highest BCUT2D eigenvalue weighted by Gasteiger charge is 2.50. The smallest absolute Gasteiger partial charge is 0.410 e. The first-order valence-electron chi connectivity index (χ1n) is 11.3. The second kappa shape index (κ2) is 12.3. The largest absolute Gasteiger partial charge is 0.445 e. The number of β-amino-alcohol motifs (C(OH)–C–C–N with tert-alkyl or cyclic N) is 1. The number of amides is 1. The van der Waals surface area contributed by atoms with Crippen LogP contribution in [0.2, 0.25) is 0 Å². The van der Waals surface area contributed by atoms with Gasteiger partial charge < -0.3 is 33.5 Å². The van der Waals surface area contributed by atoms with Gasteiger partial charge in [0, 0.05) is 12.7 Å². The number of benzene rings is 2. The maximum absolute atomic E-state index is 13.0. The van der Waals surface area contributed by atoms with E-state index >= 15 is 0 Å². The number of hydrogen-bond donors (Lipinski definition) is 1. The number of carbonyl (C=O) groups excluding carboxylic acids is 1. The van der Waals surface area contributed by atoms with Crippen molar-refractivity contribution in [3.63, 3.8) is 0 Å². The van der Waals surface area contributed by atoms with Gasteiger partial charge in [0.05, 0.1) is 32.4 Å². The Balaban J connectivity index is 1.45. The van der Waals surface area contributed by atoms with Crippen LogP contribution in [-0.4, -0.2) is 80.7 Å². The minimum Gasteiger partial charge on any atom is -0.445 e. The van der Waals surface area contributed by atoms with Gasteiger partial charge in [-0.25, -0.2) is 4.79 Å². The second-order valence-corrected chi connectivity index (χ2v) is 8.15. The zero-order valence-corrected chi connectivity index (χ0v) is 19.2. The van der Waals surface area contributed by atoms with Gasteiger partial charge >= 0.3 is 6.09 Å². The number of aliphatic hydroxyl groups is 1. The third kappa shape index (κ3) is 6.12. The molecule has 2 aliphatic rings. The van der Waals surface area contributed by atoms with Crippen LogP contribution in [-0.2, 0) is 35.0 Å². The molecule has 0 bridgehead atoms. The number of carbonyl (C=O) groups is 1. The molecule has 5 atom stereocenters. The fourth-order valence-corrected chi connectivity index (χ4v) is 4.11. The quantitative estimate of drug-likeness (QED) is 0.439. The van der Waals surface area contributed by atoms with E-state index < -0.39 is 36.7 Å². The SMILES string of the molecule is COCCOCO[C@H]1[C@@H]2O[C@H](c3ccccc3)OC[C@H]2N(C(=O)OCc2ccccc2)C[C@@H]1O. The monoisotopic (exact) mass is 473 g/mol. The number of rotatable bonds is 9. The van der Waals surface area contributed by atoms with Crippen molar-refractivity contribution in [3.8, 4) is 0 Å². The van der Waals surface area contributed by atoms with E-state index in [2.05, 4.69) is 0 Å². The van der Waals surface area contributed by atoms with Crippen LogP contribution in [0.3, 0.4) is 0 Å². The number of likely N-dealkylation sites (tertiary alicyclic amines) is 1. The Labute approximate surface area is 199 Å². The predicted octanol–water partition coefficient (Wildman–Crippen LogP) is 2.49. The van der Waals surface area contributed by atoms with E-state index in [-0.39, 0.29) is 26.6 Å². The fourth-order valence-electron chi connectivity index (χ4n) is 4.11. The molecule has 184 valence electrons. The standard InChI is InChI=1S/C25H31NO8/c1-29-12-13-30-17-33-23-21(27)14-26(25(28)32-15-18-8-4-2-5-9-18)20-16-31-24(34-22(20)23)19-10-6-3-7-11-19/h2-11,20-24,27H,12-17H2,1H3/t20-,21+,22-,23-,24-/m1/s1. The lowest BCUT2D eigenvalue weighted by molar-refractivity contribution is -0.297. The highest BCUT2D eigenvalue weighted by atomic mass is 16.7. The Bertz CT molecular complexity index is 883. The molecule has 0 aromatic heterocycles. The van der Waals surface area contributed by atoms with Gasteiger partial charge in [-0.15, -0.1) is 0 Å². The van der Waals surface area contributed by atoms with Gasteiger partial charge in [-0.1, -0.05) is 60.7 Å². The average molecular weight is 474 g/mol. The van der Waals surface area contributed by atoms with Gasteiger partial charge in [-0.2, -0.15) is 0 Å². The van der Waals surface area contributed by atoms with Crippen LogP contribution in [0.4, 0.5) is 4.79 Å². The van der Waals surface area contributed by atoms with E-state index in [1.807, 2.05) is 60.7 Å². The summed E-state index contributed by atoms with van der Waals surface area (Å²) < 4.78 is 34.0. The van der Waals surface area contributed by atoms with Crippen molar-refractivity contribution in [2.75, 3.05) is 40.3 Å². The van der Waals surface area contributed by atoms with E-state index in [1.54, 1.807) is 7.11 Å². The first-order valence-corrected chi connectivity index (χ1v) is 11.3. The molecule has 2 heterocycles. The number of hydrogen-bond acceptors (Lipinski definition) is 8. The van der Waals surface area contributed by atoms with E-state index in [4.69, 9.17) is 28.4 Å². The zero-order valence-electron chi connectivity index (χ0n) is 19.2. The van der Waals surface area contributed by atoms with Crippen LogP contribution in [0.25, 0.3) is 0 Å². The third-order valence-electron chi connectivity index (χ3n) is 5.85. The summed E-state index contributed by atoms with van der Waals surface area (Å²) in [5.74, 6) is 0. The summed E-state index contributed by atoms with van der Waals surface area (Å²) in [6.07, 6.45) is -3.53. The van der Waals surface area contributed by atoms with E-state index in [0.29, 0.717) is 13.2 Å². The van der Waals surface area contributed by atoms with Gasteiger partial charge in [0.2, 0.25) is 0 Å². The number of fused-ring (bicyclic) bond motifs is 1. The Morgan fingerprint density at radius 2 is 1.82 bits per heavy atom. The molecule has 34 heavy (non-hydrogen) atoms. The molecule has 4 rings (SSSR count). The lowest BCUT2D eigenvalue weighted by atomic mass is 9.93. The predicted molar refractivity (Wildman–Crippen MR) is 121 cm³/mol. The third-order valence-corrected chi connectivity index (χ3v) is 5.85. The molecule has 1 amide bonds. The van der Waals surface area contributed by atoms with E-state index in [0.717, 1.165) is 11.1 Å². The Hall–Kier alpha value is -2.53. The lowest BCUT2D eigenvalue weighted by Crippen LogP contribution is -2.67. The van der Waals surface area contributed by atoms with Crippen LogP contribution in [0, 0.1) is 0 Å². The summed E-state index contributed by atoms with van der Waals surface area (Å²) in [6.45, 7) is 1.13. The summed E-state index contributed by atoms with van der Waals surface area (Å²) >= 11 is 0. The molecule has 2 fully saturated rings. The average Bonchev–Trinajstić information content (AvgIpc) is 2.88. The Morgan fingerprint density at radius 3 is 2.56 bits per heavy atom. The van der Waals surface area contributed by atoms with Crippen molar-refractivity contribution >= 4 is 6.09 Å². The molecule has 0 unspecified atom stereocenters. The second-order valence-electron chi connectivity index (χ2n) is 8.15. The molecule has 0 saturated carbocycles. The van der Waals surface area contributed by atoms with Crippen molar-refractivity contribution in [2.24, 2.45) is 0 Å². The van der Waals surface area contributed by atoms with Crippen LogP contribution < -0.4 is 0 Å². The van der Waals surface area contributed by atoms with E-state index in [1.165, 1.54) is 4.90 Å². The molecule has 9 nitrogen and oxygen atoms in total. The van der Waals surface area contributed by atoms with Crippen LogP contribution in [0.5, 0.6) is 0 Å². The molecule has 0 radical (unpaired) electrons. The fraction of sp³-hybridized carbons (Fsp3) is 0.480. The van der Waals surface area contributed by atoms with Gasteiger partial charge in [-0.05, 0) is 5.56 Å². The van der Waals surface area contributed by atoms with Crippen molar-refractivity contribution in [2.45, 2.75) is 37.3 Å². The molecule has 2 aliphatic heterocycles. The number of methoxy groups -OCH3 is 1. The molecule has 0 aliphatic carbocycles. The number of nitrogens with zero attached hydrogens (tertiary/aromatic N) is 1.